The van der Waals surface area contributed by atoms with E-state index in [0.717, 1.165) is 30.3 Å². The van der Waals surface area contributed by atoms with Crippen molar-refractivity contribution in [2.45, 2.75) is 45.1 Å². The molecule has 0 radical (unpaired) electrons. The number of hydrogen-bond acceptors (Lipinski definition) is 3. The van der Waals surface area contributed by atoms with E-state index in [-0.39, 0.29) is 5.02 Å². The molecule has 1 aromatic carbocycles. The first-order valence-electron chi connectivity index (χ1n) is 9.29. The normalized spacial score (nSPS) is 11.8. The van der Waals surface area contributed by atoms with E-state index in [0.29, 0.717) is 12.1 Å². The predicted molar refractivity (Wildman–Crippen MR) is 107 cm³/mol. The Morgan fingerprint density at radius 3 is 2.44 bits per heavy atom. The number of rotatable bonds is 10. The van der Waals surface area contributed by atoms with Gasteiger partial charge in [-0.1, -0.05) is 74.5 Å². The van der Waals surface area contributed by atoms with E-state index in [2.05, 4.69) is 12.2 Å². The lowest BCUT2D eigenvalue weighted by molar-refractivity contribution is -0.123. The highest BCUT2D eigenvalue weighted by Crippen LogP contribution is 2.16. The quantitative estimate of drug-likeness (QED) is 0.380. The molecular formula is C21H25ClN2O3. The maximum absolute atomic E-state index is 13.0. The second kappa shape index (κ2) is 10.7. The van der Waals surface area contributed by atoms with Crippen molar-refractivity contribution < 1.29 is 9.59 Å². The number of pyridine rings is 1. The lowest BCUT2D eigenvalue weighted by atomic mass is 10.0. The van der Waals surface area contributed by atoms with Gasteiger partial charge in [0.05, 0.1) is 5.02 Å². The van der Waals surface area contributed by atoms with Crippen LogP contribution in [-0.4, -0.2) is 22.8 Å². The summed E-state index contributed by atoms with van der Waals surface area (Å²) >= 11 is 5.99. The SMILES string of the molecule is CCCCCCCNC(=O)[C@@H](C(=O)c1ccccc1)n1cc(Cl)ccc1=O. The minimum absolute atomic E-state index is 0.285. The predicted octanol–water partition coefficient (Wildman–Crippen LogP) is 4.01. The molecular weight excluding hydrogens is 364 g/mol. The molecule has 1 N–H and O–H groups in total. The summed E-state index contributed by atoms with van der Waals surface area (Å²) in [6, 6.07) is 9.89. The lowest BCUT2D eigenvalue weighted by Crippen LogP contribution is -2.41. The van der Waals surface area contributed by atoms with Gasteiger partial charge < -0.3 is 5.32 Å². The summed E-state index contributed by atoms with van der Waals surface area (Å²) in [7, 11) is 0. The van der Waals surface area contributed by atoms with Crippen LogP contribution in [0.4, 0.5) is 0 Å². The molecule has 144 valence electrons. The average Bonchev–Trinajstić information content (AvgIpc) is 2.68. The van der Waals surface area contributed by atoms with Crippen LogP contribution in [0.1, 0.15) is 55.4 Å². The minimum Gasteiger partial charge on any atom is -0.354 e. The fourth-order valence-electron chi connectivity index (χ4n) is 2.85. The van der Waals surface area contributed by atoms with Gasteiger partial charge in [0.25, 0.3) is 11.5 Å². The molecule has 0 spiro atoms. The molecule has 2 aromatic rings. The molecule has 1 heterocycles. The number of carbonyl (C=O) groups excluding carboxylic acids is 2. The van der Waals surface area contributed by atoms with Crippen LogP contribution >= 0.6 is 11.6 Å². The standard InChI is InChI=1S/C21H25ClN2O3/c1-2-3-4-5-9-14-23-21(27)19(20(26)16-10-7-6-8-11-16)24-15-17(22)12-13-18(24)25/h6-8,10-13,15,19H,2-5,9,14H2,1H3,(H,23,27)/t19-/m1/s1. The molecule has 5 nitrogen and oxygen atoms in total. The van der Waals surface area contributed by atoms with Gasteiger partial charge in [0, 0.05) is 24.4 Å². The van der Waals surface area contributed by atoms with Crippen LogP contribution in [-0.2, 0) is 4.79 Å². The molecule has 0 aliphatic rings. The Hall–Kier alpha value is -2.40. The Bertz CT molecular complexity index is 818. The van der Waals surface area contributed by atoms with Crippen LogP contribution in [0.3, 0.4) is 0 Å². The van der Waals surface area contributed by atoms with Crippen molar-refractivity contribution in [3.8, 4) is 0 Å². The third kappa shape index (κ3) is 6.07. The first kappa shape index (κ1) is 20.9. The van der Waals surface area contributed by atoms with Gasteiger partial charge in [-0.2, -0.15) is 0 Å². The molecule has 0 fully saturated rings. The third-order valence-electron chi connectivity index (χ3n) is 4.31. The van der Waals surface area contributed by atoms with Crippen LogP contribution < -0.4 is 10.9 Å². The molecule has 6 heteroatoms. The van der Waals surface area contributed by atoms with E-state index in [4.69, 9.17) is 11.6 Å². The number of amides is 1. The van der Waals surface area contributed by atoms with E-state index in [1.54, 1.807) is 30.3 Å². The topological polar surface area (TPSA) is 68.2 Å². The maximum Gasteiger partial charge on any atom is 0.251 e. The van der Waals surface area contributed by atoms with E-state index in [1.807, 2.05) is 0 Å². The Morgan fingerprint density at radius 2 is 1.74 bits per heavy atom. The summed E-state index contributed by atoms with van der Waals surface area (Å²) in [5.41, 5.74) is -0.0840. The highest BCUT2D eigenvalue weighted by atomic mass is 35.5. The van der Waals surface area contributed by atoms with E-state index >= 15 is 0 Å². The fourth-order valence-corrected chi connectivity index (χ4v) is 3.02. The Balaban J connectivity index is 2.19. The number of hydrogen-bond donors (Lipinski definition) is 1. The largest absolute Gasteiger partial charge is 0.354 e. The number of nitrogens with zero attached hydrogens (tertiary/aromatic N) is 1. The van der Waals surface area contributed by atoms with Crippen molar-refractivity contribution in [1.29, 1.82) is 0 Å². The van der Waals surface area contributed by atoms with Gasteiger partial charge in [-0.05, 0) is 12.5 Å². The van der Waals surface area contributed by atoms with Crippen LogP contribution in [0, 0.1) is 0 Å². The number of carbonyl (C=O) groups is 2. The summed E-state index contributed by atoms with van der Waals surface area (Å²) in [5.74, 6) is -0.938. The van der Waals surface area contributed by atoms with Gasteiger partial charge >= 0.3 is 0 Å². The van der Waals surface area contributed by atoms with Gasteiger partial charge in [-0.15, -0.1) is 0 Å². The van der Waals surface area contributed by atoms with Gasteiger partial charge in [-0.25, -0.2) is 0 Å². The molecule has 0 saturated carbocycles. The van der Waals surface area contributed by atoms with E-state index in [1.165, 1.54) is 24.8 Å². The molecule has 1 atom stereocenters. The Kier molecular flexibility index (Phi) is 8.27. The summed E-state index contributed by atoms with van der Waals surface area (Å²) in [6.07, 6.45) is 6.62. The van der Waals surface area contributed by atoms with Gasteiger partial charge in [0.2, 0.25) is 0 Å². The summed E-state index contributed by atoms with van der Waals surface area (Å²) < 4.78 is 1.10. The molecule has 27 heavy (non-hydrogen) atoms. The highest BCUT2D eigenvalue weighted by molar-refractivity contribution is 6.30. The van der Waals surface area contributed by atoms with E-state index in [9.17, 15) is 14.4 Å². The van der Waals surface area contributed by atoms with Crippen molar-refractivity contribution in [3.05, 3.63) is 69.6 Å². The zero-order chi connectivity index (χ0) is 19.6. The van der Waals surface area contributed by atoms with Crippen molar-refractivity contribution in [2.24, 2.45) is 0 Å². The van der Waals surface area contributed by atoms with Crippen LogP contribution in [0.15, 0.2) is 53.5 Å². The molecule has 2 rings (SSSR count). The smallest absolute Gasteiger partial charge is 0.251 e. The van der Waals surface area contributed by atoms with Crippen molar-refractivity contribution in [2.75, 3.05) is 6.54 Å². The average molecular weight is 389 g/mol. The molecule has 0 aliphatic carbocycles. The summed E-state index contributed by atoms with van der Waals surface area (Å²) in [4.78, 5) is 38.0. The number of unbranched alkanes of at least 4 members (excludes halogenated alkanes) is 4. The van der Waals surface area contributed by atoms with Crippen molar-refractivity contribution in [3.63, 3.8) is 0 Å². The maximum atomic E-state index is 13.0. The minimum atomic E-state index is -1.28. The molecule has 1 amide bonds. The van der Waals surface area contributed by atoms with Crippen molar-refractivity contribution >= 4 is 23.3 Å². The summed E-state index contributed by atoms with van der Waals surface area (Å²) in [6.45, 7) is 2.61. The number of aromatic nitrogens is 1. The number of nitrogens with one attached hydrogen (secondary N) is 1. The lowest BCUT2D eigenvalue weighted by Gasteiger charge is -2.19. The number of Topliss-reactive ketones (excluding diaryl/α,β-unsaturated/α-hetero) is 1. The van der Waals surface area contributed by atoms with Crippen LogP contribution in [0.5, 0.6) is 0 Å². The summed E-state index contributed by atoms with van der Waals surface area (Å²) in [5, 5.41) is 3.08. The van der Waals surface area contributed by atoms with E-state index < -0.39 is 23.3 Å². The van der Waals surface area contributed by atoms with Gasteiger partial charge in [0.1, 0.15) is 0 Å². The van der Waals surface area contributed by atoms with Crippen LogP contribution in [0.25, 0.3) is 0 Å². The molecule has 0 bridgehead atoms. The van der Waals surface area contributed by atoms with Crippen LogP contribution in [0.2, 0.25) is 5.02 Å². The highest BCUT2D eigenvalue weighted by Gasteiger charge is 2.30. The molecule has 0 saturated heterocycles. The Labute approximate surface area is 164 Å². The first-order chi connectivity index (χ1) is 13.0. The number of halogens is 1. The van der Waals surface area contributed by atoms with Gasteiger partial charge in [-0.3, -0.25) is 19.0 Å². The number of ketones is 1. The second-order valence-corrected chi connectivity index (χ2v) is 6.87. The molecule has 1 aromatic heterocycles. The Morgan fingerprint density at radius 1 is 1.04 bits per heavy atom. The monoisotopic (exact) mass is 388 g/mol. The second-order valence-electron chi connectivity index (χ2n) is 6.43. The van der Waals surface area contributed by atoms with Gasteiger partial charge in [0.15, 0.2) is 11.8 Å². The number of benzene rings is 1. The van der Waals surface area contributed by atoms with Crippen molar-refractivity contribution in [1.82, 2.24) is 9.88 Å². The molecule has 0 unspecified atom stereocenters. The third-order valence-corrected chi connectivity index (χ3v) is 4.54. The first-order valence-corrected chi connectivity index (χ1v) is 9.67. The zero-order valence-corrected chi connectivity index (χ0v) is 16.2. The fraction of sp³-hybridized carbons (Fsp3) is 0.381. The molecule has 0 aliphatic heterocycles. The zero-order valence-electron chi connectivity index (χ0n) is 15.5.